The van der Waals surface area contributed by atoms with Crippen molar-refractivity contribution in [2.75, 3.05) is 0 Å². The van der Waals surface area contributed by atoms with Crippen molar-refractivity contribution in [2.45, 2.75) is 13.8 Å². The number of hydrogen-bond acceptors (Lipinski definition) is 0. The molecule has 2 radical (unpaired) electrons. The molecule has 0 heteroatoms. The van der Waals surface area contributed by atoms with Crippen molar-refractivity contribution in [1.82, 2.24) is 0 Å². The number of hydrogen-bond donors (Lipinski definition) is 0. The third-order valence-electron chi connectivity index (χ3n) is 2.44. The van der Waals surface area contributed by atoms with E-state index in [1.54, 1.807) is 0 Å². The van der Waals surface area contributed by atoms with Crippen LogP contribution in [-0.2, 0) is 0 Å². The van der Waals surface area contributed by atoms with Crippen LogP contribution in [0.25, 0.3) is 11.1 Å². The molecule has 0 nitrogen and oxygen atoms in total. The molecular weight excluding hydrogens is 168 g/mol. The van der Waals surface area contributed by atoms with Crippen molar-refractivity contribution in [3.8, 4) is 11.1 Å². The molecule has 0 aliphatic rings. The molecule has 68 valence electrons. The molecule has 2 rings (SSSR count). The third kappa shape index (κ3) is 1.56. The summed E-state index contributed by atoms with van der Waals surface area (Å²) in [5, 5.41) is 0. The van der Waals surface area contributed by atoms with Gasteiger partial charge in [0.15, 0.2) is 0 Å². The van der Waals surface area contributed by atoms with Crippen LogP contribution >= 0.6 is 0 Å². The van der Waals surface area contributed by atoms with E-state index < -0.39 is 0 Å². The number of rotatable bonds is 1. The van der Waals surface area contributed by atoms with Crippen LogP contribution in [-0.4, -0.2) is 0 Å². The van der Waals surface area contributed by atoms with Gasteiger partial charge in [0.1, 0.15) is 0 Å². The average Bonchev–Trinajstić information content (AvgIpc) is 2.20. The Labute approximate surface area is 85.2 Å². The van der Waals surface area contributed by atoms with Crippen LogP contribution in [0.2, 0.25) is 0 Å². The minimum absolute atomic E-state index is 1.19. The molecule has 0 spiro atoms. The summed E-state index contributed by atoms with van der Waals surface area (Å²) in [7, 11) is 0. The van der Waals surface area contributed by atoms with E-state index >= 15 is 0 Å². The normalized spacial score (nSPS) is 10.1. The zero-order valence-electron chi connectivity index (χ0n) is 8.46. The maximum atomic E-state index is 3.21. The van der Waals surface area contributed by atoms with Crippen LogP contribution in [0.4, 0.5) is 0 Å². The van der Waals surface area contributed by atoms with Crippen LogP contribution in [0.3, 0.4) is 0 Å². The Hall–Kier alpha value is -1.56. The summed E-state index contributed by atoms with van der Waals surface area (Å²) in [6, 6.07) is 18.5. The van der Waals surface area contributed by atoms with E-state index in [2.05, 4.69) is 38.1 Å². The molecule has 0 aromatic heterocycles. The lowest BCUT2D eigenvalue weighted by Gasteiger charge is -2.07. The summed E-state index contributed by atoms with van der Waals surface area (Å²) in [6.07, 6.45) is 0. The van der Waals surface area contributed by atoms with Crippen molar-refractivity contribution < 1.29 is 0 Å². The molecule has 0 unspecified atom stereocenters. The van der Waals surface area contributed by atoms with Gasteiger partial charge >= 0.3 is 0 Å². The lowest BCUT2D eigenvalue weighted by atomic mass is 9.97. The van der Waals surface area contributed by atoms with Crippen LogP contribution < -0.4 is 0 Å². The molecule has 0 atom stereocenters. The molecular formula is C14H12. The molecule has 0 bridgehead atoms. The van der Waals surface area contributed by atoms with Crippen LogP contribution in [0.1, 0.15) is 11.1 Å². The first-order chi connectivity index (χ1) is 6.79. The van der Waals surface area contributed by atoms with Crippen molar-refractivity contribution in [3.05, 3.63) is 59.7 Å². The van der Waals surface area contributed by atoms with E-state index in [4.69, 9.17) is 0 Å². The highest BCUT2D eigenvalue weighted by atomic mass is 14.1. The number of aryl methyl sites for hydroxylation is 2. The summed E-state index contributed by atoms with van der Waals surface area (Å²) in [4.78, 5) is 0. The molecule has 0 aliphatic carbocycles. The SMILES string of the molecule is Cc1[c]cccc1-c1c[c]ccc1C. The highest BCUT2D eigenvalue weighted by Gasteiger charge is 2.02. The van der Waals surface area contributed by atoms with E-state index in [-0.39, 0.29) is 0 Å². The van der Waals surface area contributed by atoms with Gasteiger partial charge in [0.05, 0.1) is 0 Å². The maximum absolute atomic E-state index is 3.21. The molecule has 0 amide bonds. The molecule has 14 heavy (non-hydrogen) atoms. The van der Waals surface area contributed by atoms with Gasteiger partial charge in [-0.25, -0.2) is 0 Å². The Morgan fingerprint density at radius 3 is 2.57 bits per heavy atom. The second-order valence-corrected chi connectivity index (χ2v) is 3.45. The lowest BCUT2D eigenvalue weighted by molar-refractivity contribution is 1.40. The van der Waals surface area contributed by atoms with Gasteiger partial charge < -0.3 is 0 Å². The third-order valence-corrected chi connectivity index (χ3v) is 2.44. The average molecular weight is 180 g/mol. The molecule has 0 heterocycles. The molecule has 2 aromatic rings. The first-order valence-electron chi connectivity index (χ1n) is 4.73. The molecule has 0 aliphatic heterocycles. The summed E-state index contributed by atoms with van der Waals surface area (Å²) >= 11 is 0. The lowest BCUT2D eigenvalue weighted by Crippen LogP contribution is -1.85. The quantitative estimate of drug-likeness (QED) is 0.629. The Morgan fingerprint density at radius 1 is 1.00 bits per heavy atom. The van der Waals surface area contributed by atoms with E-state index in [0.29, 0.717) is 0 Å². The largest absolute Gasteiger partial charge is 0.0610 e. The van der Waals surface area contributed by atoms with Gasteiger partial charge in [-0.15, -0.1) is 0 Å². The fourth-order valence-electron chi connectivity index (χ4n) is 1.61. The highest BCUT2D eigenvalue weighted by molar-refractivity contribution is 5.69. The van der Waals surface area contributed by atoms with Gasteiger partial charge in [0.2, 0.25) is 0 Å². The highest BCUT2D eigenvalue weighted by Crippen LogP contribution is 2.25. The summed E-state index contributed by atoms with van der Waals surface area (Å²) in [5.41, 5.74) is 4.98. The number of benzene rings is 2. The van der Waals surface area contributed by atoms with Crippen LogP contribution in [0.15, 0.2) is 36.4 Å². The fourth-order valence-corrected chi connectivity index (χ4v) is 1.61. The van der Waals surface area contributed by atoms with Gasteiger partial charge in [-0.3, -0.25) is 0 Å². The second-order valence-electron chi connectivity index (χ2n) is 3.45. The van der Waals surface area contributed by atoms with Gasteiger partial charge in [-0.1, -0.05) is 30.3 Å². The Kier molecular flexibility index (Phi) is 2.36. The monoisotopic (exact) mass is 180 g/mol. The summed E-state index contributed by atoms with van der Waals surface area (Å²) in [6.45, 7) is 4.21. The zero-order valence-corrected chi connectivity index (χ0v) is 8.46. The van der Waals surface area contributed by atoms with Crippen molar-refractivity contribution >= 4 is 0 Å². The standard InChI is InChI=1S/C14H12/c1-11-7-3-5-9-13(11)14-10-6-4-8-12(14)2/h3-5,8-10H,1-2H3. The van der Waals surface area contributed by atoms with E-state index in [0.717, 1.165) is 0 Å². The van der Waals surface area contributed by atoms with Gasteiger partial charge in [0, 0.05) is 0 Å². The van der Waals surface area contributed by atoms with Crippen molar-refractivity contribution in [2.24, 2.45) is 0 Å². The van der Waals surface area contributed by atoms with Crippen LogP contribution in [0.5, 0.6) is 0 Å². The van der Waals surface area contributed by atoms with Crippen molar-refractivity contribution in [3.63, 3.8) is 0 Å². The topological polar surface area (TPSA) is 0 Å². The second kappa shape index (κ2) is 3.67. The Morgan fingerprint density at radius 2 is 1.86 bits per heavy atom. The van der Waals surface area contributed by atoms with Crippen LogP contribution in [0, 0.1) is 26.0 Å². The zero-order chi connectivity index (χ0) is 9.97. The predicted octanol–water partition coefficient (Wildman–Crippen LogP) is 3.57. The fraction of sp³-hybridized carbons (Fsp3) is 0.143. The first-order valence-corrected chi connectivity index (χ1v) is 4.73. The Bertz CT molecular complexity index is 398. The first kappa shape index (κ1) is 9.01. The molecule has 0 saturated heterocycles. The van der Waals surface area contributed by atoms with Crippen molar-refractivity contribution in [1.29, 1.82) is 0 Å². The van der Waals surface area contributed by atoms with E-state index in [9.17, 15) is 0 Å². The van der Waals surface area contributed by atoms with E-state index in [1.165, 1.54) is 22.3 Å². The Balaban J connectivity index is 2.61. The van der Waals surface area contributed by atoms with E-state index in [1.807, 2.05) is 24.3 Å². The smallest absolute Gasteiger partial charge is 0.0146 e. The maximum Gasteiger partial charge on any atom is -0.0146 e. The molecule has 2 aromatic carbocycles. The predicted molar refractivity (Wildman–Crippen MR) is 59.0 cm³/mol. The summed E-state index contributed by atoms with van der Waals surface area (Å²) in [5.74, 6) is 0. The van der Waals surface area contributed by atoms with Gasteiger partial charge in [-0.05, 0) is 54.3 Å². The molecule has 0 fully saturated rings. The van der Waals surface area contributed by atoms with Gasteiger partial charge in [0.25, 0.3) is 0 Å². The van der Waals surface area contributed by atoms with Gasteiger partial charge in [-0.2, -0.15) is 0 Å². The molecule has 0 saturated carbocycles. The summed E-state index contributed by atoms with van der Waals surface area (Å²) < 4.78 is 0. The minimum atomic E-state index is 1.19. The molecule has 0 N–H and O–H groups in total. The minimum Gasteiger partial charge on any atom is -0.0610 e.